The summed E-state index contributed by atoms with van der Waals surface area (Å²) in [7, 11) is 2.10. The summed E-state index contributed by atoms with van der Waals surface area (Å²) in [5.41, 5.74) is 0.524. The predicted octanol–water partition coefficient (Wildman–Crippen LogP) is 1.94. The Morgan fingerprint density at radius 3 is 2.50 bits per heavy atom. The Bertz CT molecular complexity index is 1150. The summed E-state index contributed by atoms with van der Waals surface area (Å²) >= 11 is 0. The van der Waals surface area contributed by atoms with Crippen molar-refractivity contribution in [3.05, 3.63) is 33.7 Å². The molecule has 36 heavy (non-hydrogen) atoms. The van der Waals surface area contributed by atoms with Crippen molar-refractivity contribution in [3.8, 4) is 0 Å². The first-order chi connectivity index (χ1) is 16.9. The Balaban J connectivity index is 1.66. The topological polar surface area (TPSA) is 131 Å². The Kier molecular flexibility index (Phi) is 8.57. The van der Waals surface area contributed by atoms with E-state index < -0.39 is 23.3 Å². The second kappa shape index (κ2) is 11.3. The van der Waals surface area contributed by atoms with E-state index in [9.17, 15) is 19.5 Å². The van der Waals surface area contributed by atoms with Crippen LogP contribution in [0.25, 0.3) is 10.9 Å². The molecule has 3 rings (SSSR count). The number of aryl methyl sites for hydroxylation is 1. The number of anilines is 1. The van der Waals surface area contributed by atoms with E-state index in [0.717, 1.165) is 32.7 Å². The van der Waals surface area contributed by atoms with Crippen molar-refractivity contribution in [3.63, 3.8) is 0 Å². The number of hydrogen-bond acceptors (Lipinski definition) is 8. The molecule has 1 aromatic carbocycles. The Labute approximate surface area is 211 Å². The number of carbonyl (C=O) groups excluding carboxylic acids is 1. The van der Waals surface area contributed by atoms with E-state index in [1.165, 1.54) is 4.90 Å². The molecule has 1 aromatic heterocycles. The molecule has 0 aliphatic carbocycles. The lowest BCUT2D eigenvalue weighted by Crippen LogP contribution is -2.48. The van der Waals surface area contributed by atoms with Crippen LogP contribution in [0, 0.1) is 6.92 Å². The van der Waals surface area contributed by atoms with Crippen molar-refractivity contribution in [2.24, 2.45) is 0 Å². The zero-order valence-corrected chi connectivity index (χ0v) is 22.1. The quantitative estimate of drug-likeness (QED) is 0.495. The molecule has 0 saturated carbocycles. The fourth-order valence-electron chi connectivity index (χ4n) is 4.17. The smallest absolute Gasteiger partial charge is 0.408 e. The van der Waals surface area contributed by atoms with Crippen LogP contribution in [0.1, 0.15) is 38.8 Å². The minimum atomic E-state index is -1.04. The van der Waals surface area contributed by atoms with Gasteiger partial charge in [-0.2, -0.15) is 4.98 Å². The summed E-state index contributed by atoms with van der Waals surface area (Å²) < 4.78 is 5.38. The van der Waals surface area contributed by atoms with Gasteiger partial charge in [0, 0.05) is 51.4 Å². The molecule has 1 fully saturated rings. The van der Waals surface area contributed by atoms with E-state index >= 15 is 0 Å². The lowest BCUT2D eigenvalue weighted by molar-refractivity contribution is -0.121. The van der Waals surface area contributed by atoms with E-state index in [1.807, 2.05) is 20.8 Å². The van der Waals surface area contributed by atoms with Gasteiger partial charge in [-0.3, -0.25) is 14.6 Å². The first-order valence-corrected chi connectivity index (χ1v) is 12.3. The average molecular weight is 503 g/mol. The van der Waals surface area contributed by atoms with Crippen molar-refractivity contribution in [2.75, 3.05) is 51.6 Å². The Hall–Kier alpha value is -3.18. The molecule has 3 N–H and O–H groups in total. The van der Waals surface area contributed by atoms with Crippen molar-refractivity contribution in [2.45, 2.75) is 52.7 Å². The number of fused-ring (bicyclic) bond motifs is 1. The second-order valence-electron chi connectivity index (χ2n) is 10.4. The molecule has 1 unspecified atom stereocenters. The summed E-state index contributed by atoms with van der Waals surface area (Å²) in [6.07, 6.45) is -1.04. The summed E-state index contributed by atoms with van der Waals surface area (Å²) in [6.45, 7) is 14.3. The molecule has 1 aliphatic heterocycles. The van der Waals surface area contributed by atoms with Gasteiger partial charge in [-0.05, 0) is 58.9 Å². The molecule has 11 heteroatoms. The number of nitrogens with zero attached hydrogens (tertiary/aromatic N) is 4. The maximum Gasteiger partial charge on any atom is 0.408 e. The van der Waals surface area contributed by atoms with E-state index in [2.05, 4.69) is 32.5 Å². The molecule has 2 aromatic rings. The first-order valence-electron chi connectivity index (χ1n) is 12.3. The summed E-state index contributed by atoms with van der Waals surface area (Å²) in [4.78, 5) is 47.4. The van der Waals surface area contributed by atoms with Crippen LogP contribution in [-0.4, -0.2) is 94.7 Å². The largest absolute Gasteiger partial charge is 0.465 e. The third kappa shape index (κ3) is 6.73. The van der Waals surface area contributed by atoms with E-state index in [-0.39, 0.29) is 18.5 Å². The lowest BCUT2D eigenvalue weighted by Gasteiger charge is -2.33. The van der Waals surface area contributed by atoms with Gasteiger partial charge < -0.3 is 25.1 Å². The number of piperazine rings is 1. The van der Waals surface area contributed by atoms with Gasteiger partial charge in [0.05, 0.1) is 10.9 Å². The van der Waals surface area contributed by atoms with Gasteiger partial charge in [0.2, 0.25) is 5.91 Å². The molecule has 2 heterocycles. The standard InChI is InChI=1S/C25H38N6O5/c1-16-18(15-31(24(34)35)25(3,4)5)7-8-19-20(16)22(33)36-23(28-19)27-17(2)21(32)26-9-10-30-13-11-29(6)12-14-30/h7-8,17H,9-15H2,1-6H3,(H,26,32)(H,27,28)(H,34,35). The normalized spacial score (nSPS) is 16.1. The van der Waals surface area contributed by atoms with Crippen molar-refractivity contribution in [1.29, 1.82) is 0 Å². The van der Waals surface area contributed by atoms with Gasteiger partial charge in [-0.1, -0.05) is 6.07 Å². The fraction of sp³-hybridized carbons (Fsp3) is 0.600. The SMILES string of the molecule is Cc1c(CN(C(=O)O)C(C)(C)C)ccc2nc(NC(C)C(=O)NCCN3CCN(C)CC3)oc(=O)c12. The summed E-state index contributed by atoms with van der Waals surface area (Å²) in [5.74, 6) is -0.212. The molecular formula is C25H38N6O5. The van der Waals surface area contributed by atoms with Crippen LogP contribution in [0.15, 0.2) is 21.3 Å². The molecule has 1 atom stereocenters. The number of carboxylic acid groups (broad SMARTS) is 1. The number of benzene rings is 1. The van der Waals surface area contributed by atoms with Crippen LogP contribution in [0.2, 0.25) is 0 Å². The van der Waals surface area contributed by atoms with E-state index in [1.54, 1.807) is 26.0 Å². The maximum atomic E-state index is 12.8. The third-order valence-electron chi connectivity index (χ3n) is 6.60. The van der Waals surface area contributed by atoms with Gasteiger partial charge >= 0.3 is 11.7 Å². The molecule has 198 valence electrons. The van der Waals surface area contributed by atoms with Crippen LogP contribution < -0.4 is 16.3 Å². The average Bonchev–Trinajstić information content (AvgIpc) is 2.78. The van der Waals surface area contributed by atoms with Gasteiger partial charge in [-0.15, -0.1) is 0 Å². The molecule has 2 amide bonds. The highest BCUT2D eigenvalue weighted by atomic mass is 16.4. The van der Waals surface area contributed by atoms with Crippen LogP contribution in [0.5, 0.6) is 0 Å². The third-order valence-corrected chi connectivity index (χ3v) is 6.60. The van der Waals surface area contributed by atoms with Crippen LogP contribution in [0.4, 0.5) is 10.8 Å². The Morgan fingerprint density at radius 1 is 1.22 bits per heavy atom. The van der Waals surface area contributed by atoms with Crippen molar-refractivity contribution in [1.82, 2.24) is 25.0 Å². The van der Waals surface area contributed by atoms with Gasteiger partial charge in [-0.25, -0.2) is 9.59 Å². The van der Waals surface area contributed by atoms with E-state index in [4.69, 9.17) is 4.42 Å². The number of hydrogen-bond donors (Lipinski definition) is 3. The van der Waals surface area contributed by atoms with Gasteiger partial charge in [0.25, 0.3) is 6.01 Å². The highest BCUT2D eigenvalue weighted by Crippen LogP contribution is 2.24. The number of aromatic nitrogens is 1. The maximum absolute atomic E-state index is 12.8. The molecule has 1 saturated heterocycles. The number of amides is 2. The van der Waals surface area contributed by atoms with E-state index in [0.29, 0.717) is 28.6 Å². The molecular weight excluding hydrogens is 464 g/mol. The predicted molar refractivity (Wildman–Crippen MR) is 138 cm³/mol. The minimum Gasteiger partial charge on any atom is -0.465 e. The minimum absolute atomic E-state index is 0.0387. The second-order valence-corrected chi connectivity index (χ2v) is 10.4. The monoisotopic (exact) mass is 502 g/mol. The van der Waals surface area contributed by atoms with Gasteiger partial charge in [0.1, 0.15) is 6.04 Å². The highest BCUT2D eigenvalue weighted by Gasteiger charge is 2.27. The molecule has 0 radical (unpaired) electrons. The van der Waals surface area contributed by atoms with Crippen LogP contribution in [-0.2, 0) is 11.3 Å². The summed E-state index contributed by atoms with van der Waals surface area (Å²) in [5, 5.41) is 15.7. The summed E-state index contributed by atoms with van der Waals surface area (Å²) in [6, 6.07) is 2.75. The fourth-order valence-corrected chi connectivity index (χ4v) is 4.17. The van der Waals surface area contributed by atoms with Crippen LogP contribution in [0.3, 0.4) is 0 Å². The highest BCUT2D eigenvalue weighted by molar-refractivity contribution is 5.85. The first kappa shape index (κ1) is 27.4. The number of nitrogens with one attached hydrogen (secondary N) is 2. The number of likely N-dealkylation sites (N-methyl/N-ethyl adjacent to an activating group) is 1. The zero-order chi connectivity index (χ0) is 26.6. The lowest BCUT2D eigenvalue weighted by atomic mass is 10.0. The number of rotatable bonds is 8. The van der Waals surface area contributed by atoms with Gasteiger partial charge in [0.15, 0.2) is 0 Å². The molecule has 11 nitrogen and oxygen atoms in total. The number of carbonyl (C=O) groups is 2. The van der Waals surface area contributed by atoms with Crippen molar-refractivity contribution < 1.29 is 19.1 Å². The van der Waals surface area contributed by atoms with Crippen molar-refractivity contribution >= 4 is 28.9 Å². The molecule has 0 bridgehead atoms. The van der Waals surface area contributed by atoms with Crippen LogP contribution >= 0.6 is 0 Å². The zero-order valence-electron chi connectivity index (χ0n) is 22.1. The molecule has 0 spiro atoms. The molecule has 1 aliphatic rings. The Morgan fingerprint density at radius 2 is 1.89 bits per heavy atom.